The average Bonchev–Trinajstić information content (AvgIpc) is 3.32. The summed E-state index contributed by atoms with van der Waals surface area (Å²) in [4.78, 5) is 21.3. The van der Waals surface area contributed by atoms with Crippen molar-refractivity contribution in [2.45, 2.75) is 0 Å². The van der Waals surface area contributed by atoms with Gasteiger partial charge in [0.2, 0.25) is 0 Å². The molecule has 0 fully saturated rings. The highest BCUT2D eigenvalue weighted by molar-refractivity contribution is 5.95. The highest BCUT2D eigenvalue weighted by Gasteiger charge is 2.12. The summed E-state index contributed by atoms with van der Waals surface area (Å²) in [6.07, 6.45) is 3.79. The number of rotatable bonds is 5. The second-order valence-corrected chi connectivity index (χ2v) is 7.83. The SMILES string of the molecule is CNC(=O)c1cccc(-c2ccn3c(-c4cc(NC)nc(-c5ccc(F)cc5)c4)cnc3c2)c1. The van der Waals surface area contributed by atoms with Crippen LogP contribution in [-0.4, -0.2) is 34.4 Å². The number of fused-ring (bicyclic) bond motifs is 1. The number of aromatic nitrogens is 3. The number of halogens is 1. The van der Waals surface area contributed by atoms with Gasteiger partial charge >= 0.3 is 0 Å². The second kappa shape index (κ2) is 8.78. The molecule has 0 aliphatic carbocycles. The first-order chi connectivity index (χ1) is 16.6. The van der Waals surface area contributed by atoms with Crippen LogP contribution in [0.5, 0.6) is 0 Å². The van der Waals surface area contributed by atoms with Crippen molar-refractivity contribution < 1.29 is 9.18 Å². The molecule has 0 bridgehead atoms. The van der Waals surface area contributed by atoms with Gasteiger partial charge in [-0.05, 0) is 71.8 Å². The summed E-state index contributed by atoms with van der Waals surface area (Å²) in [5, 5.41) is 5.76. The highest BCUT2D eigenvalue weighted by atomic mass is 19.1. The number of benzene rings is 2. The Kier molecular flexibility index (Phi) is 5.51. The van der Waals surface area contributed by atoms with E-state index in [4.69, 9.17) is 0 Å². The number of pyridine rings is 2. The van der Waals surface area contributed by atoms with Gasteiger partial charge in [-0.25, -0.2) is 14.4 Å². The summed E-state index contributed by atoms with van der Waals surface area (Å²) in [6.45, 7) is 0. The Balaban J connectivity index is 1.56. The van der Waals surface area contributed by atoms with Gasteiger partial charge in [0.1, 0.15) is 17.3 Å². The normalized spacial score (nSPS) is 10.9. The number of carbonyl (C=O) groups excluding carboxylic acids is 1. The van der Waals surface area contributed by atoms with E-state index in [-0.39, 0.29) is 11.7 Å². The van der Waals surface area contributed by atoms with E-state index in [0.717, 1.165) is 39.3 Å². The fourth-order valence-corrected chi connectivity index (χ4v) is 3.93. The molecular weight excluding hydrogens is 429 g/mol. The van der Waals surface area contributed by atoms with Crippen molar-refractivity contribution >= 4 is 17.4 Å². The molecular formula is C27H22FN5O. The maximum absolute atomic E-state index is 13.4. The zero-order valence-electron chi connectivity index (χ0n) is 18.7. The summed E-state index contributed by atoms with van der Waals surface area (Å²) in [7, 11) is 3.43. The fraction of sp³-hybridized carbons (Fsp3) is 0.0741. The quantitative estimate of drug-likeness (QED) is 0.382. The van der Waals surface area contributed by atoms with Crippen molar-refractivity contribution in [1.29, 1.82) is 0 Å². The summed E-state index contributed by atoms with van der Waals surface area (Å²) < 4.78 is 15.4. The van der Waals surface area contributed by atoms with Crippen molar-refractivity contribution in [2.24, 2.45) is 0 Å². The lowest BCUT2D eigenvalue weighted by Gasteiger charge is -2.10. The fourth-order valence-electron chi connectivity index (χ4n) is 3.93. The number of nitrogens with zero attached hydrogens (tertiary/aromatic N) is 3. The summed E-state index contributed by atoms with van der Waals surface area (Å²) in [6, 6.07) is 21.7. The van der Waals surface area contributed by atoms with Crippen LogP contribution < -0.4 is 10.6 Å². The van der Waals surface area contributed by atoms with Crippen LogP contribution in [0.1, 0.15) is 10.4 Å². The highest BCUT2D eigenvalue weighted by Crippen LogP contribution is 2.30. The molecule has 0 saturated heterocycles. The van der Waals surface area contributed by atoms with E-state index in [1.54, 1.807) is 25.2 Å². The van der Waals surface area contributed by atoms with Gasteiger partial charge in [-0.15, -0.1) is 0 Å². The lowest BCUT2D eigenvalue weighted by Crippen LogP contribution is -2.17. The maximum Gasteiger partial charge on any atom is 0.251 e. The predicted octanol–water partition coefficient (Wildman–Crippen LogP) is 5.27. The number of amides is 1. The molecule has 5 rings (SSSR count). The smallest absolute Gasteiger partial charge is 0.251 e. The molecule has 168 valence electrons. The van der Waals surface area contributed by atoms with E-state index in [2.05, 4.69) is 20.6 Å². The van der Waals surface area contributed by atoms with Gasteiger partial charge in [0.05, 0.1) is 17.6 Å². The van der Waals surface area contributed by atoms with Crippen molar-refractivity contribution in [3.8, 4) is 33.6 Å². The van der Waals surface area contributed by atoms with Gasteiger partial charge in [0, 0.05) is 37.0 Å². The van der Waals surface area contributed by atoms with Crippen molar-refractivity contribution in [3.63, 3.8) is 0 Å². The molecule has 2 N–H and O–H groups in total. The van der Waals surface area contributed by atoms with E-state index in [1.807, 2.05) is 66.3 Å². The van der Waals surface area contributed by atoms with Gasteiger partial charge in [0.25, 0.3) is 5.91 Å². The van der Waals surface area contributed by atoms with Crippen LogP contribution in [0.3, 0.4) is 0 Å². The van der Waals surface area contributed by atoms with Crippen LogP contribution in [0.4, 0.5) is 10.2 Å². The van der Waals surface area contributed by atoms with E-state index in [1.165, 1.54) is 12.1 Å². The minimum atomic E-state index is -0.285. The van der Waals surface area contributed by atoms with Crippen LogP contribution in [0, 0.1) is 5.82 Å². The van der Waals surface area contributed by atoms with E-state index >= 15 is 0 Å². The molecule has 0 radical (unpaired) electrons. The Hall–Kier alpha value is -4.52. The van der Waals surface area contributed by atoms with Crippen LogP contribution in [0.25, 0.3) is 39.3 Å². The number of nitrogens with one attached hydrogen (secondary N) is 2. The Morgan fingerprint density at radius 3 is 2.44 bits per heavy atom. The lowest BCUT2D eigenvalue weighted by atomic mass is 10.0. The molecule has 7 heteroatoms. The summed E-state index contributed by atoms with van der Waals surface area (Å²) >= 11 is 0. The molecule has 6 nitrogen and oxygen atoms in total. The third kappa shape index (κ3) is 3.99. The Bertz CT molecular complexity index is 1510. The monoisotopic (exact) mass is 451 g/mol. The number of hydrogen-bond donors (Lipinski definition) is 2. The van der Waals surface area contributed by atoms with Crippen LogP contribution >= 0.6 is 0 Å². The predicted molar refractivity (Wildman–Crippen MR) is 132 cm³/mol. The van der Waals surface area contributed by atoms with Crippen molar-refractivity contribution in [1.82, 2.24) is 19.7 Å². The zero-order valence-corrected chi connectivity index (χ0v) is 18.7. The second-order valence-electron chi connectivity index (χ2n) is 7.83. The number of carbonyl (C=O) groups is 1. The Labute approximate surface area is 196 Å². The molecule has 3 aromatic heterocycles. The molecule has 1 amide bonds. The molecule has 3 heterocycles. The zero-order chi connectivity index (χ0) is 23.7. The average molecular weight is 452 g/mol. The third-order valence-corrected chi connectivity index (χ3v) is 5.72. The minimum Gasteiger partial charge on any atom is -0.373 e. The molecule has 0 aliphatic heterocycles. The van der Waals surface area contributed by atoms with E-state index in [0.29, 0.717) is 11.4 Å². The molecule has 0 atom stereocenters. The number of hydrogen-bond acceptors (Lipinski definition) is 4. The number of anilines is 1. The molecule has 0 saturated carbocycles. The standard InChI is InChI=1S/C27H22FN5O/c1-29-25-14-21(13-23(32-25)17-6-8-22(28)9-7-17)24-16-31-26-15-19(10-11-33(24)26)18-4-3-5-20(12-18)27(34)30-2/h3-16H,1-2H3,(H,29,32)(H,30,34). The number of imidazole rings is 1. The first-order valence-electron chi connectivity index (χ1n) is 10.8. The topological polar surface area (TPSA) is 71.3 Å². The molecule has 0 unspecified atom stereocenters. The molecule has 0 aliphatic rings. The van der Waals surface area contributed by atoms with Crippen LogP contribution in [-0.2, 0) is 0 Å². The van der Waals surface area contributed by atoms with Crippen molar-refractivity contribution in [3.05, 3.63) is 96.6 Å². The maximum atomic E-state index is 13.4. The van der Waals surface area contributed by atoms with Crippen molar-refractivity contribution in [2.75, 3.05) is 19.4 Å². The van der Waals surface area contributed by atoms with Gasteiger partial charge in [0.15, 0.2) is 0 Å². The summed E-state index contributed by atoms with van der Waals surface area (Å²) in [5.41, 5.74) is 6.69. The third-order valence-electron chi connectivity index (χ3n) is 5.72. The molecule has 2 aromatic carbocycles. The van der Waals surface area contributed by atoms with Crippen LogP contribution in [0.2, 0.25) is 0 Å². The van der Waals surface area contributed by atoms with Gasteiger partial charge < -0.3 is 10.6 Å². The van der Waals surface area contributed by atoms with Gasteiger partial charge in [-0.1, -0.05) is 12.1 Å². The molecule has 5 aromatic rings. The Morgan fingerprint density at radius 1 is 0.882 bits per heavy atom. The van der Waals surface area contributed by atoms with E-state index < -0.39 is 0 Å². The molecule has 0 spiro atoms. The van der Waals surface area contributed by atoms with E-state index in [9.17, 15) is 9.18 Å². The lowest BCUT2D eigenvalue weighted by molar-refractivity contribution is 0.0963. The van der Waals surface area contributed by atoms with Crippen LogP contribution in [0.15, 0.2) is 85.2 Å². The van der Waals surface area contributed by atoms with Gasteiger partial charge in [-0.3, -0.25) is 9.20 Å². The summed E-state index contributed by atoms with van der Waals surface area (Å²) in [5.74, 6) is 0.294. The first-order valence-corrected chi connectivity index (χ1v) is 10.8. The Morgan fingerprint density at radius 2 is 1.68 bits per heavy atom. The minimum absolute atomic E-state index is 0.124. The first kappa shape index (κ1) is 21.3. The molecule has 34 heavy (non-hydrogen) atoms. The largest absolute Gasteiger partial charge is 0.373 e. The van der Waals surface area contributed by atoms with Gasteiger partial charge in [-0.2, -0.15) is 0 Å².